The monoisotopic (exact) mass is 418 g/mol. The average Bonchev–Trinajstić information content (AvgIpc) is 2.76. The summed E-state index contributed by atoms with van der Waals surface area (Å²) in [6.45, 7) is 1.67. The van der Waals surface area contributed by atoms with E-state index in [1.165, 1.54) is 0 Å². The van der Waals surface area contributed by atoms with Gasteiger partial charge in [0.1, 0.15) is 11.8 Å². The van der Waals surface area contributed by atoms with Crippen LogP contribution in [0.3, 0.4) is 0 Å². The highest BCUT2D eigenvalue weighted by Gasteiger charge is 2.15. The van der Waals surface area contributed by atoms with E-state index in [0.29, 0.717) is 28.8 Å². The molecule has 1 heterocycles. The number of rotatable bonds is 6. The van der Waals surface area contributed by atoms with Gasteiger partial charge in [0.05, 0.1) is 23.3 Å². The van der Waals surface area contributed by atoms with E-state index in [-0.39, 0.29) is 12.2 Å². The number of fused-ring (bicyclic) bond motifs is 1. The van der Waals surface area contributed by atoms with Crippen LogP contribution >= 0.6 is 0 Å². The summed E-state index contributed by atoms with van der Waals surface area (Å²) in [7, 11) is 0. The van der Waals surface area contributed by atoms with Crippen molar-refractivity contribution in [3.63, 3.8) is 0 Å². The van der Waals surface area contributed by atoms with Gasteiger partial charge >= 0.3 is 6.09 Å². The van der Waals surface area contributed by atoms with E-state index in [4.69, 9.17) is 5.26 Å². The highest BCUT2D eigenvalue weighted by atomic mass is 16.5. The third kappa shape index (κ3) is 5.51. The van der Waals surface area contributed by atoms with Crippen LogP contribution in [-0.2, 0) is 16.0 Å². The molecule has 3 aromatic rings. The molecule has 3 rings (SSSR count). The molecule has 31 heavy (non-hydrogen) atoms. The van der Waals surface area contributed by atoms with Crippen LogP contribution in [-0.4, -0.2) is 34.3 Å². The molecule has 2 aromatic carbocycles. The number of ether oxygens (including phenoxy) is 1. The fourth-order valence-electron chi connectivity index (χ4n) is 2.64. The lowest BCUT2D eigenvalue weighted by Crippen LogP contribution is -2.36. The summed E-state index contributed by atoms with van der Waals surface area (Å²) < 4.78 is 4.58. The Kier molecular flexibility index (Phi) is 6.70. The minimum absolute atomic E-state index is 0.0866. The van der Waals surface area contributed by atoms with E-state index in [1.54, 1.807) is 43.3 Å². The Morgan fingerprint density at radius 3 is 2.65 bits per heavy atom. The van der Waals surface area contributed by atoms with Gasteiger partial charge in [0.2, 0.25) is 5.71 Å². The van der Waals surface area contributed by atoms with Crippen LogP contribution in [0.15, 0.2) is 58.4 Å². The molecular weight excluding hydrogens is 400 g/mol. The van der Waals surface area contributed by atoms with Crippen molar-refractivity contribution < 1.29 is 14.3 Å². The van der Waals surface area contributed by atoms with E-state index in [9.17, 15) is 14.4 Å². The van der Waals surface area contributed by atoms with Crippen molar-refractivity contribution in [2.75, 3.05) is 12.0 Å². The molecule has 0 aliphatic carbocycles. The summed E-state index contributed by atoms with van der Waals surface area (Å²) >= 11 is 0. The number of carbonyl (C=O) groups excluding carboxylic acids is 2. The molecule has 0 aliphatic heterocycles. The molecule has 0 fully saturated rings. The predicted octanol–water partition coefficient (Wildman–Crippen LogP) is 2.08. The topological polar surface area (TPSA) is 149 Å². The van der Waals surface area contributed by atoms with Crippen molar-refractivity contribution in [1.82, 2.24) is 15.3 Å². The highest BCUT2D eigenvalue weighted by molar-refractivity contribution is 6.46. The minimum atomic E-state index is -0.980. The number of carbonyl (C=O) groups is 2. The van der Waals surface area contributed by atoms with E-state index in [0.717, 1.165) is 5.56 Å². The fraction of sp³-hybridized carbons (Fsp3) is 0.143. The number of hydrogen-bond acceptors (Lipinski definition) is 8. The van der Waals surface area contributed by atoms with Gasteiger partial charge in [-0.05, 0) is 36.8 Å². The lowest BCUT2D eigenvalue weighted by Gasteiger charge is -2.06. The SMILES string of the molecule is CCOC(=O)NC(=O)/C(C#N)=N\Nc1ccc(Cc2nc3ccccc3[nH]c2=O)cc1. The predicted molar refractivity (Wildman–Crippen MR) is 113 cm³/mol. The zero-order chi connectivity index (χ0) is 22.2. The maximum absolute atomic E-state index is 12.2. The third-order valence-electron chi connectivity index (χ3n) is 4.10. The maximum atomic E-state index is 12.2. The molecule has 0 saturated heterocycles. The van der Waals surface area contributed by atoms with Gasteiger partial charge in [-0.2, -0.15) is 10.4 Å². The summed E-state index contributed by atoms with van der Waals surface area (Å²) in [6.07, 6.45) is -0.633. The normalized spacial score (nSPS) is 10.9. The molecule has 0 unspecified atom stereocenters. The van der Waals surface area contributed by atoms with Crippen LogP contribution < -0.4 is 16.3 Å². The summed E-state index contributed by atoms with van der Waals surface area (Å²) in [5.41, 5.74) is 4.89. The van der Waals surface area contributed by atoms with Crippen LogP contribution in [0.1, 0.15) is 18.2 Å². The molecule has 0 atom stereocenters. The number of para-hydroxylation sites is 2. The van der Waals surface area contributed by atoms with Crippen LogP contribution in [0, 0.1) is 11.3 Å². The molecule has 10 nitrogen and oxygen atoms in total. The van der Waals surface area contributed by atoms with Gasteiger partial charge in [0.15, 0.2) is 0 Å². The zero-order valence-electron chi connectivity index (χ0n) is 16.5. The molecule has 156 valence electrons. The van der Waals surface area contributed by atoms with Gasteiger partial charge in [-0.25, -0.2) is 9.78 Å². The number of hydrazone groups is 1. The molecular formula is C21H18N6O4. The first-order chi connectivity index (χ1) is 15.0. The molecule has 10 heteroatoms. The summed E-state index contributed by atoms with van der Waals surface area (Å²) in [6, 6.07) is 15.8. The quantitative estimate of drug-likeness (QED) is 0.410. The first-order valence-electron chi connectivity index (χ1n) is 9.29. The van der Waals surface area contributed by atoms with Gasteiger partial charge in [0, 0.05) is 6.42 Å². The van der Waals surface area contributed by atoms with Gasteiger partial charge in [-0.3, -0.25) is 20.3 Å². The van der Waals surface area contributed by atoms with Crippen LogP contribution in [0.4, 0.5) is 10.5 Å². The Balaban J connectivity index is 1.67. The molecule has 1 aromatic heterocycles. The van der Waals surface area contributed by atoms with Gasteiger partial charge < -0.3 is 9.72 Å². The van der Waals surface area contributed by atoms with Gasteiger partial charge in [-0.1, -0.05) is 24.3 Å². The molecule has 0 radical (unpaired) electrons. The van der Waals surface area contributed by atoms with Crippen LogP contribution in [0.25, 0.3) is 11.0 Å². The smallest absolute Gasteiger partial charge is 0.414 e. The van der Waals surface area contributed by atoms with Crippen LogP contribution in [0.2, 0.25) is 0 Å². The van der Waals surface area contributed by atoms with Crippen molar-refractivity contribution in [3.8, 4) is 6.07 Å². The maximum Gasteiger partial charge on any atom is 0.414 e. The van der Waals surface area contributed by atoms with Gasteiger partial charge in [0.25, 0.3) is 11.5 Å². The standard InChI is InChI=1S/C21H18N6O4/c1-2-31-21(30)25-20(29)18(12-22)27-26-14-9-7-13(8-10-14)11-17-19(28)24-16-6-4-3-5-15(16)23-17/h3-10,26H,2,11H2,1H3,(H,24,28)(H,25,29,30)/b27-18-. The number of H-pyrrole nitrogens is 1. The van der Waals surface area contributed by atoms with E-state index in [1.807, 2.05) is 23.5 Å². The summed E-state index contributed by atoms with van der Waals surface area (Å²) in [4.78, 5) is 42.6. The molecule has 3 N–H and O–H groups in total. The Hall–Kier alpha value is -4.52. The number of benzene rings is 2. The second kappa shape index (κ2) is 9.80. The number of aromatic amines is 1. The second-order valence-corrected chi connectivity index (χ2v) is 6.26. The largest absolute Gasteiger partial charge is 0.450 e. The zero-order valence-corrected chi connectivity index (χ0v) is 16.5. The van der Waals surface area contributed by atoms with E-state index >= 15 is 0 Å². The fourth-order valence-corrected chi connectivity index (χ4v) is 2.64. The highest BCUT2D eigenvalue weighted by Crippen LogP contribution is 2.13. The number of nitriles is 1. The molecule has 0 saturated carbocycles. The molecule has 2 amide bonds. The second-order valence-electron chi connectivity index (χ2n) is 6.26. The van der Waals surface area contributed by atoms with Crippen molar-refractivity contribution >= 4 is 34.4 Å². The van der Waals surface area contributed by atoms with Crippen molar-refractivity contribution in [1.29, 1.82) is 5.26 Å². The molecule has 0 aliphatic rings. The number of aromatic nitrogens is 2. The number of amides is 2. The Labute approximate surface area is 176 Å². The van der Waals surface area contributed by atoms with Crippen molar-refractivity contribution in [3.05, 3.63) is 70.1 Å². The Morgan fingerprint density at radius 2 is 1.94 bits per heavy atom. The van der Waals surface area contributed by atoms with E-state index < -0.39 is 17.7 Å². The van der Waals surface area contributed by atoms with Crippen LogP contribution in [0.5, 0.6) is 0 Å². The number of alkyl carbamates (subject to hydrolysis) is 1. The average molecular weight is 418 g/mol. The summed E-state index contributed by atoms with van der Waals surface area (Å²) in [5, 5.41) is 14.6. The number of nitrogens with one attached hydrogen (secondary N) is 3. The number of imide groups is 1. The Bertz CT molecular complexity index is 1240. The first kappa shape index (κ1) is 21.2. The third-order valence-corrected chi connectivity index (χ3v) is 4.10. The lowest BCUT2D eigenvalue weighted by atomic mass is 10.1. The summed E-state index contributed by atoms with van der Waals surface area (Å²) in [5.74, 6) is -0.980. The number of hydrogen-bond donors (Lipinski definition) is 3. The minimum Gasteiger partial charge on any atom is -0.450 e. The van der Waals surface area contributed by atoms with Gasteiger partial charge in [-0.15, -0.1) is 0 Å². The lowest BCUT2D eigenvalue weighted by molar-refractivity contribution is -0.114. The van der Waals surface area contributed by atoms with Crippen molar-refractivity contribution in [2.24, 2.45) is 5.10 Å². The first-order valence-corrected chi connectivity index (χ1v) is 9.29. The van der Waals surface area contributed by atoms with E-state index in [2.05, 4.69) is 25.2 Å². The number of nitrogens with zero attached hydrogens (tertiary/aromatic N) is 3. The number of anilines is 1. The van der Waals surface area contributed by atoms with Crippen molar-refractivity contribution in [2.45, 2.75) is 13.3 Å². The molecule has 0 bridgehead atoms. The Morgan fingerprint density at radius 1 is 1.19 bits per heavy atom. The molecule has 0 spiro atoms.